The minimum atomic E-state index is 0.384. The molecule has 1 fully saturated rings. The summed E-state index contributed by atoms with van der Waals surface area (Å²) in [6, 6.07) is 2.36. The molecule has 0 radical (unpaired) electrons. The number of hydrogen-bond acceptors (Lipinski definition) is 1. The molecule has 0 bridgehead atoms. The van der Waals surface area contributed by atoms with Gasteiger partial charge in [0.05, 0.1) is 6.07 Å². The van der Waals surface area contributed by atoms with Crippen molar-refractivity contribution < 1.29 is 0 Å². The maximum absolute atomic E-state index is 8.62. The normalized spacial score (nSPS) is 34.2. The van der Waals surface area contributed by atoms with Crippen LogP contribution in [0.2, 0.25) is 0 Å². The van der Waals surface area contributed by atoms with E-state index in [4.69, 9.17) is 5.26 Å². The lowest BCUT2D eigenvalue weighted by Crippen LogP contribution is -2.02. The minimum Gasteiger partial charge on any atom is -0.198 e. The molecule has 0 amide bonds. The first-order chi connectivity index (χ1) is 4.38. The zero-order valence-electron chi connectivity index (χ0n) is 5.93. The first-order valence-electron chi connectivity index (χ1n) is 3.78. The number of hydrogen-bond donors (Lipinski definition) is 0. The van der Waals surface area contributed by atoms with Crippen molar-refractivity contribution in [1.82, 2.24) is 0 Å². The van der Waals surface area contributed by atoms with Crippen molar-refractivity contribution >= 4 is 0 Å². The maximum atomic E-state index is 8.62. The van der Waals surface area contributed by atoms with E-state index in [0.717, 1.165) is 12.3 Å². The summed E-state index contributed by atoms with van der Waals surface area (Å²) in [5.41, 5.74) is 0. The van der Waals surface area contributed by atoms with E-state index in [9.17, 15) is 0 Å². The van der Waals surface area contributed by atoms with E-state index in [1.165, 1.54) is 19.3 Å². The molecule has 1 aliphatic rings. The van der Waals surface area contributed by atoms with Crippen LogP contribution in [0.25, 0.3) is 0 Å². The highest BCUT2D eigenvalue weighted by Gasteiger charge is 2.24. The fraction of sp³-hybridized carbons (Fsp3) is 0.875. The maximum Gasteiger partial charge on any atom is 0.0658 e. The molecule has 0 aromatic heterocycles. The van der Waals surface area contributed by atoms with Crippen molar-refractivity contribution in [1.29, 1.82) is 5.26 Å². The van der Waals surface area contributed by atoms with Crippen LogP contribution in [-0.4, -0.2) is 0 Å². The quantitative estimate of drug-likeness (QED) is 0.525. The molecule has 50 valence electrons. The molecule has 0 heterocycles. The van der Waals surface area contributed by atoms with Crippen LogP contribution in [0.3, 0.4) is 0 Å². The molecule has 1 rings (SSSR count). The average molecular weight is 123 g/mol. The van der Waals surface area contributed by atoms with Gasteiger partial charge in [-0.3, -0.25) is 0 Å². The molecule has 0 aromatic carbocycles. The van der Waals surface area contributed by atoms with Crippen LogP contribution in [0.5, 0.6) is 0 Å². The molecular formula is C8H13N. The Balaban J connectivity index is 2.44. The third-order valence-electron chi connectivity index (χ3n) is 2.35. The topological polar surface area (TPSA) is 23.8 Å². The summed E-state index contributed by atoms with van der Waals surface area (Å²) in [4.78, 5) is 0. The van der Waals surface area contributed by atoms with Gasteiger partial charge in [-0.25, -0.2) is 0 Å². The third kappa shape index (κ3) is 1.24. The second kappa shape index (κ2) is 2.87. The van der Waals surface area contributed by atoms with Gasteiger partial charge in [0.15, 0.2) is 0 Å². The highest BCUT2D eigenvalue weighted by molar-refractivity contribution is 4.91. The molecule has 2 atom stereocenters. The average Bonchev–Trinajstić information content (AvgIpc) is 2.33. The van der Waals surface area contributed by atoms with Crippen LogP contribution in [0.15, 0.2) is 0 Å². The van der Waals surface area contributed by atoms with Crippen LogP contribution in [-0.2, 0) is 0 Å². The van der Waals surface area contributed by atoms with E-state index in [-0.39, 0.29) is 0 Å². The molecule has 1 heteroatoms. The highest BCUT2D eigenvalue weighted by Crippen LogP contribution is 2.32. The Kier molecular flexibility index (Phi) is 2.10. The van der Waals surface area contributed by atoms with Gasteiger partial charge in [0.25, 0.3) is 0 Å². The Morgan fingerprint density at radius 3 is 2.78 bits per heavy atom. The van der Waals surface area contributed by atoms with E-state index in [2.05, 4.69) is 13.0 Å². The predicted molar refractivity (Wildman–Crippen MR) is 36.7 cm³/mol. The first kappa shape index (κ1) is 6.61. The SMILES string of the molecule is CC[C@H]1CCC[C@H]1C#N. The molecule has 1 nitrogen and oxygen atoms in total. The fourth-order valence-corrected chi connectivity index (χ4v) is 1.70. The largest absolute Gasteiger partial charge is 0.198 e. The van der Waals surface area contributed by atoms with Crippen molar-refractivity contribution in [3.8, 4) is 6.07 Å². The summed E-state index contributed by atoms with van der Waals surface area (Å²) in [6.07, 6.45) is 4.90. The molecule has 0 spiro atoms. The standard InChI is InChI=1S/C8H13N/c1-2-7-4-3-5-8(7)6-9/h7-8H,2-5H2,1H3/t7-,8-/m0/s1. The van der Waals surface area contributed by atoms with Crippen molar-refractivity contribution in [2.45, 2.75) is 32.6 Å². The molecule has 9 heavy (non-hydrogen) atoms. The minimum absolute atomic E-state index is 0.384. The zero-order chi connectivity index (χ0) is 6.69. The smallest absolute Gasteiger partial charge is 0.0658 e. The summed E-state index contributed by atoms with van der Waals surface area (Å²) in [6.45, 7) is 2.18. The van der Waals surface area contributed by atoms with Crippen molar-refractivity contribution in [3.63, 3.8) is 0 Å². The second-order valence-corrected chi connectivity index (χ2v) is 2.83. The van der Waals surface area contributed by atoms with Gasteiger partial charge in [0, 0.05) is 5.92 Å². The zero-order valence-corrected chi connectivity index (χ0v) is 5.93. The fourth-order valence-electron chi connectivity index (χ4n) is 1.70. The number of nitrogens with zero attached hydrogens (tertiary/aromatic N) is 1. The number of nitriles is 1. The Labute approximate surface area is 56.7 Å². The van der Waals surface area contributed by atoms with E-state index in [1.807, 2.05) is 0 Å². The Hall–Kier alpha value is -0.510. The van der Waals surface area contributed by atoms with E-state index in [0.29, 0.717) is 5.92 Å². The number of rotatable bonds is 1. The van der Waals surface area contributed by atoms with Gasteiger partial charge >= 0.3 is 0 Å². The lowest BCUT2D eigenvalue weighted by atomic mass is 9.95. The third-order valence-corrected chi connectivity index (χ3v) is 2.35. The van der Waals surface area contributed by atoms with Crippen LogP contribution in [0, 0.1) is 23.2 Å². The Morgan fingerprint density at radius 2 is 2.33 bits per heavy atom. The highest BCUT2D eigenvalue weighted by atomic mass is 14.3. The van der Waals surface area contributed by atoms with E-state index < -0.39 is 0 Å². The molecule has 0 unspecified atom stereocenters. The van der Waals surface area contributed by atoms with Crippen LogP contribution >= 0.6 is 0 Å². The van der Waals surface area contributed by atoms with Crippen LogP contribution < -0.4 is 0 Å². The van der Waals surface area contributed by atoms with Crippen LogP contribution in [0.4, 0.5) is 0 Å². The van der Waals surface area contributed by atoms with Gasteiger partial charge in [-0.2, -0.15) is 5.26 Å². The predicted octanol–water partition coefficient (Wildman–Crippen LogP) is 2.34. The van der Waals surface area contributed by atoms with Gasteiger partial charge in [-0.1, -0.05) is 19.8 Å². The Bertz CT molecular complexity index is 123. The summed E-state index contributed by atoms with van der Waals surface area (Å²) < 4.78 is 0. The van der Waals surface area contributed by atoms with Crippen molar-refractivity contribution in [2.24, 2.45) is 11.8 Å². The second-order valence-electron chi connectivity index (χ2n) is 2.83. The van der Waals surface area contributed by atoms with Gasteiger partial charge in [0.2, 0.25) is 0 Å². The molecule has 0 aromatic rings. The molecule has 0 N–H and O–H groups in total. The summed E-state index contributed by atoms with van der Waals surface area (Å²) in [5.74, 6) is 1.10. The lowest BCUT2D eigenvalue weighted by Gasteiger charge is -2.07. The van der Waals surface area contributed by atoms with Crippen molar-refractivity contribution in [3.05, 3.63) is 0 Å². The molecule has 1 saturated carbocycles. The van der Waals surface area contributed by atoms with E-state index in [1.54, 1.807) is 0 Å². The molecule has 1 aliphatic carbocycles. The molecule has 0 aliphatic heterocycles. The van der Waals surface area contributed by atoms with Gasteiger partial charge in [-0.15, -0.1) is 0 Å². The summed E-state index contributed by atoms with van der Waals surface area (Å²) in [5, 5.41) is 8.62. The monoisotopic (exact) mass is 123 g/mol. The lowest BCUT2D eigenvalue weighted by molar-refractivity contribution is 0.453. The Morgan fingerprint density at radius 1 is 1.56 bits per heavy atom. The van der Waals surface area contributed by atoms with Gasteiger partial charge < -0.3 is 0 Å². The van der Waals surface area contributed by atoms with Crippen molar-refractivity contribution in [2.75, 3.05) is 0 Å². The summed E-state index contributed by atoms with van der Waals surface area (Å²) in [7, 11) is 0. The van der Waals surface area contributed by atoms with Gasteiger partial charge in [0.1, 0.15) is 0 Å². The molecular weight excluding hydrogens is 110 g/mol. The summed E-state index contributed by atoms with van der Waals surface area (Å²) >= 11 is 0. The van der Waals surface area contributed by atoms with Crippen LogP contribution in [0.1, 0.15) is 32.6 Å². The first-order valence-corrected chi connectivity index (χ1v) is 3.78. The molecule has 0 saturated heterocycles. The van der Waals surface area contributed by atoms with E-state index >= 15 is 0 Å². The van der Waals surface area contributed by atoms with Gasteiger partial charge in [-0.05, 0) is 18.8 Å².